The van der Waals surface area contributed by atoms with Crippen molar-refractivity contribution < 1.29 is 4.79 Å². The highest BCUT2D eigenvalue weighted by atomic mass is 16.2. The molecular formula is C29H38N2O. The zero-order chi connectivity index (χ0) is 21.9. The first-order chi connectivity index (χ1) is 15.7. The van der Waals surface area contributed by atoms with Gasteiger partial charge in [-0.1, -0.05) is 61.7 Å². The third-order valence-corrected chi connectivity index (χ3v) is 8.24. The highest BCUT2D eigenvalue weighted by Crippen LogP contribution is 2.36. The van der Waals surface area contributed by atoms with E-state index in [0.29, 0.717) is 17.9 Å². The van der Waals surface area contributed by atoms with E-state index in [-0.39, 0.29) is 5.92 Å². The molecule has 5 rings (SSSR count). The molecule has 1 aliphatic carbocycles. The summed E-state index contributed by atoms with van der Waals surface area (Å²) in [5, 5.41) is 0. The number of para-hydroxylation sites is 1. The molecule has 2 aromatic carbocycles. The van der Waals surface area contributed by atoms with Crippen LogP contribution in [0.5, 0.6) is 0 Å². The highest BCUT2D eigenvalue weighted by Gasteiger charge is 2.36. The lowest BCUT2D eigenvalue weighted by molar-refractivity contribution is -0.124. The molecule has 3 heteroatoms. The second-order valence-corrected chi connectivity index (χ2v) is 10.3. The number of amides is 1. The van der Waals surface area contributed by atoms with Gasteiger partial charge in [0.25, 0.3) is 0 Å². The maximum Gasteiger partial charge on any atom is 0.230 e. The lowest BCUT2D eigenvalue weighted by Crippen LogP contribution is -2.52. The van der Waals surface area contributed by atoms with E-state index >= 15 is 0 Å². The lowest BCUT2D eigenvalue weighted by Gasteiger charge is -2.43. The summed E-state index contributed by atoms with van der Waals surface area (Å²) < 4.78 is 0. The average Bonchev–Trinajstić information content (AvgIpc) is 2.85. The van der Waals surface area contributed by atoms with Crippen molar-refractivity contribution in [1.29, 1.82) is 0 Å². The molecule has 2 aromatic rings. The van der Waals surface area contributed by atoms with E-state index in [1.54, 1.807) is 0 Å². The van der Waals surface area contributed by atoms with Crippen LogP contribution in [0.4, 0.5) is 5.69 Å². The van der Waals surface area contributed by atoms with Crippen molar-refractivity contribution in [2.45, 2.75) is 76.7 Å². The molecule has 2 aliphatic heterocycles. The summed E-state index contributed by atoms with van der Waals surface area (Å²) in [7, 11) is 0. The molecule has 0 aromatic heterocycles. The molecule has 2 heterocycles. The fourth-order valence-corrected chi connectivity index (χ4v) is 6.39. The molecule has 1 atom stereocenters. The van der Waals surface area contributed by atoms with E-state index in [1.165, 1.54) is 54.5 Å². The quantitative estimate of drug-likeness (QED) is 0.585. The fraction of sp³-hybridized carbons (Fsp3) is 0.552. The first kappa shape index (κ1) is 21.7. The Kier molecular flexibility index (Phi) is 6.64. The second-order valence-electron chi connectivity index (χ2n) is 10.3. The van der Waals surface area contributed by atoms with Gasteiger partial charge in [-0.05, 0) is 87.2 Å². The maximum absolute atomic E-state index is 13.7. The number of nitrogens with zero attached hydrogens (tertiary/aromatic N) is 2. The third kappa shape index (κ3) is 4.50. The summed E-state index contributed by atoms with van der Waals surface area (Å²) in [6.07, 6.45) is 10.5. The minimum Gasteiger partial charge on any atom is -0.308 e. The molecule has 1 amide bonds. The Labute approximate surface area is 193 Å². The number of aryl methyl sites for hydroxylation is 2. The number of benzene rings is 2. The van der Waals surface area contributed by atoms with Crippen LogP contribution in [0.25, 0.3) is 0 Å². The fourth-order valence-electron chi connectivity index (χ4n) is 6.39. The molecule has 3 aliphatic rings. The Morgan fingerprint density at radius 3 is 2.38 bits per heavy atom. The van der Waals surface area contributed by atoms with Crippen LogP contribution in [-0.4, -0.2) is 36.5 Å². The van der Waals surface area contributed by atoms with Crippen molar-refractivity contribution in [3.63, 3.8) is 0 Å². The van der Waals surface area contributed by atoms with Gasteiger partial charge in [-0.3, -0.25) is 4.79 Å². The minimum atomic E-state index is 0.226. The molecule has 170 valence electrons. The molecule has 1 saturated heterocycles. The van der Waals surface area contributed by atoms with E-state index < -0.39 is 0 Å². The van der Waals surface area contributed by atoms with Crippen LogP contribution >= 0.6 is 0 Å². The van der Waals surface area contributed by atoms with Gasteiger partial charge in [0, 0.05) is 24.2 Å². The zero-order valence-corrected chi connectivity index (χ0v) is 19.6. The molecule has 0 N–H and O–H groups in total. The third-order valence-electron chi connectivity index (χ3n) is 8.24. The molecule has 0 radical (unpaired) electrons. The van der Waals surface area contributed by atoms with E-state index in [9.17, 15) is 4.79 Å². The van der Waals surface area contributed by atoms with Crippen molar-refractivity contribution in [1.82, 2.24) is 4.90 Å². The van der Waals surface area contributed by atoms with E-state index in [4.69, 9.17) is 0 Å². The molecule has 3 nitrogen and oxygen atoms in total. The van der Waals surface area contributed by atoms with Crippen LogP contribution in [0.3, 0.4) is 0 Å². The van der Waals surface area contributed by atoms with Gasteiger partial charge in [-0.2, -0.15) is 0 Å². The average molecular weight is 431 g/mol. The van der Waals surface area contributed by atoms with Crippen molar-refractivity contribution in [3.05, 3.63) is 65.2 Å². The van der Waals surface area contributed by atoms with Crippen LogP contribution in [0.1, 0.15) is 74.0 Å². The molecule has 1 unspecified atom stereocenters. The first-order valence-electron chi connectivity index (χ1n) is 12.9. The Hall–Kier alpha value is -2.13. The number of hydrogen-bond acceptors (Lipinski definition) is 2. The van der Waals surface area contributed by atoms with E-state index in [1.807, 2.05) is 0 Å². The van der Waals surface area contributed by atoms with E-state index in [0.717, 1.165) is 45.3 Å². The summed E-state index contributed by atoms with van der Waals surface area (Å²) >= 11 is 0. The number of piperidine rings is 1. The number of rotatable bonds is 4. The summed E-state index contributed by atoms with van der Waals surface area (Å²) in [4.78, 5) is 18.6. The van der Waals surface area contributed by atoms with Gasteiger partial charge in [-0.15, -0.1) is 0 Å². The second kappa shape index (κ2) is 9.79. The van der Waals surface area contributed by atoms with Crippen LogP contribution < -0.4 is 4.90 Å². The number of anilines is 1. The van der Waals surface area contributed by atoms with Crippen LogP contribution in [0.15, 0.2) is 48.5 Å². The van der Waals surface area contributed by atoms with Gasteiger partial charge in [0.1, 0.15) is 0 Å². The number of hydrogen-bond donors (Lipinski definition) is 0. The number of carbonyl (C=O) groups excluding carboxylic acids is 1. The van der Waals surface area contributed by atoms with Gasteiger partial charge < -0.3 is 9.80 Å². The molecule has 1 saturated carbocycles. The maximum atomic E-state index is 13.7. The molecule has 0 bridgehead atoms. The Morgan fingerprint density at radius 2 is 1.59 bits per heavy atom. The Balaban J connectivity index is 1.29. The molecule has 2 fully saturated rings. The van der Waals surface area contributed by atoms with Gasteiger partial charge >= 0.3 is 0 Å². The number of fused-ring (bicyclic) bond motifs is 1. The monoisotopic (exact) mass is 430 g/mol. The standard InChI is InChI=1S/C29H38N2O/c1-22-9-5-7-13-27(22)23-17-19-30(20-18-23)21-26-16-15-24-10-6-8-14-28(24)31(26)29(32)25-11-3-2-4-12-25/h5-10,13-14,23,25-26H,2-4,11-12,15-21H2,1H3. The molecule has 32 heavy (non-hydrogen) atoms. The Morgan fingerprint density at radius 1 is 0.875 bits per heavy atom. The van der Waals surface area contributed by atoms with Gasteiger partial charge in [0.05, 0.1) is 0 Å². The summed E-state index contributed by atoms with van der Waals surface area (Å²) in [5.41, 5.74) is 5.51. The normalized spacial score (nSPS) is 23.2. The van der Waals surface area contributed by atoms with Crippen molar-refractivity contribution in [2.24, 2.45) is 5.92 Å². The summed E-state index contributed by atoms with van der Waals surface area (Å²) in [5.74, 6) is 1.31. The van der Waals surface area contributed by atoms with Gasteiger partial charge in [0.2, 0.25) is 5.91 Å². The van der Waals surface area contributed by atoms with Crippen molar-refractivity contribution >= 4 is 11.6 Å². The Bertz CT molecular complexity index is 924. The summed E-state index contributed by atoms with van der Waals surface area (Å²) in [6, 6.07) is 17.8. The summed E-state index contributed by atoms with van der Waals surface area (Å²) in [6.45, 7) is 5.55. The topological polar surface area (TPSA) is 23.6 Å². The van der Waals surface area contributed by atoms with Gasteiger partial charge in [0.15, 0.2) is 0 Å². The van der Waals surface area contributed by atoms with Crippen molar-refractivity contribution in [3.8, 4) is 0 Å². The van der Waals surface area contributed by atoms with Crippen LogP contribution in [-0.2, 0) is 11.2 Å². The molecule has 0 spiro atoms. The number of carbonyl (C=O) groups is 1. The SMILES string of the molecule is Cc1ccccc1C1CCN(CC2CCc3ccccc3N2C(=O)C2CCCCC2)CC1. The predicted molar refractivity (Wildman–Crippen MR) is 132 cm³/mol. The van der Waals surface area contributed by atoms with Crippen LogP contribution in [0.2, 0.25) is 0 Å². The minimum absolute atomic E-state index is 0.226. The predicted octanol–water partition coefficient (Wildman–Crippen LogP) is 6.10. The van der Waals surface area contributed by atoms with Crippen LogP contribution in [0, 0.1) is 12.8 Å². The molecular weight excluding hydrogens is 392 g/mol. The zero-order valence-electron chi connectivity index (χ0n) is 19.6. The lowest BCUT2D eigenvalue weighted by atomic mass is 9.85. The number of likely N-dealkylation sites (tertiary alicyclic amines) is 1. The smallest absolute Gasteiger partial charge is 0.230 e. The largest absolute Gasteiger partial charge is 0.308 e. The highest BCUT2D eigenvalue weighted by molar-refractivity contribution is 5.97. The van der Waals surface area contributed by atoms with Crippen molar-refractivity contribution in [2.75, 3.05) is 24.5 Å². The first-order valence-corrected chi connectivity index (χ1v) is 12.9. The van der Waals surface area contributed by atoms with Gasteiger partial charge in [-0.25, -0.2) is 0 Å². The van der Waals surface area contributed by atoms with E-state index in [2.05, 4.69) is 65.3 Å².